The predicted octanol–water partition coefficient (Wildman–Crippen LogP) is 3.00. The van der Waals surface area contributed by atoms with Crippen LogP contribution in [0, 0.1) is 6.92 Å². The number of hydrogen-bond donors (Lipinski definition) is 0. The van der Waals surface area contributed by atoms with Crippen LogP contribution in [0.5, 0.6) is 11.5 Å². The number of ether oxygens (including phenoxy) is 3. The van der Waals surface area contributed by atoms with Crippen LogP contribution in [0.1, 0.15) is 26.5 Å². The average Bonchev–Trinajstić information content (AvgIpc) is 3.31. The Morgan fingerprint density at radius 2 is 1.96 bits per heavy atom. The minimum absolute atomic E-state index is 0.0264. The first-order chi connectivity index (χ1) is 13.5. The number of fused-ring (bicyclic) bond motifs is 1. The number of ketones is 1. The van der Waals surface area contributed by atoms with Crippen LogP contribution < -0.4 is 9.47 Å². The Bertz CT molecular complexity index is 1080. The number of rotatable bonds is 5. The second kappa shape index (κ2) is 7.32. The quantitative estimate of drug-likeness (QED) is 0.481. The summed E-state index contributed by atoms with van der Waals surface area (Å²) < 4.78 is 15.6. The number of Topliss-reactive ketones (excluding diaryl/α,β-unsaturated/α-hetero) is 1. The van der Waals surface area contributed by atoms with Gasteiger partial charge in [0.2, 0.25) is 6.79 Å². The molecule has 28 heavy (non-hydrogen) atoms. The zero-order valence-corrected chi connectivity index (χ0v) is 15.5. The van der Waals surface area contributed by atoms with Crippen molar-refractivity contribution in [2.24, 2.45) is 0 Å². The Hall–Kier alpha value is -3.39. The van der Waals surface area contributed by atoms with E-state index in [9.17, 15) is 9.59 Å². The highest BCUT2D eigenvalue weighted by Crippen LogP contribution is 2.32. The molecule has 0 amide bonds. The molecule has 0 atom stereocenters. The third-order valence-electron chi connectivity index (χ3n) is 4.04. The zero-order valence-electron chi connectivity index (χ0n) is 14.7. The molecule has 0 bridgehead atoms. The van der Waals surface area contributed by atoms with Crippen molar-refractivity contribution in [1.29, 1.82) is 0 Å². The third kappa shape index (κ3) is 3.54. The molecule has 2 heterocycles. The predicted molar refractivity (Wildman–Crippen MR) is 98.3 cm³/mol. The van der Waals surface area contributed by atoms with Gasteiger partial charge in [0.15, 0.2) is 29.6 Å². The Balaban J connectivity index is 1.45. The molecular weight excluding hydrogens is 386 g/mol. The van der Waals surface area contributed by atoms with E-state index in [-0.39, 0.29) is 18.3 Å². The summed E-state index contributed by atoms with van der Waals surface area (Å²) in [5.41, 5.74) is 1.36. The number of halogens is 1. The van der Waals surface area contributed by atoms with Gasteiger partial charge in [0.1, 0.15) is 0 Å². The third-order valence-corrected chi connectivity index (χ3v) is 4.28. The lowest BCUT2D eigenvalue weighted by Gasteiger charge is -2.04. The zero-order chi connectivity index (χ0) is 19.7. The Morgan fingerprint density at radius 3 is 2.79 bits per heavy atom. The molecule has 0 spiro atoms. The Labute approximate surface area is 164 Å². The smallest absolute Gasteiger partial charge is 0.361 e. The molecule has 0 saturated carbocycles. The fourth-order valence-corrected chi connectivity index (χ4v) is 2.82. The van der Waals surface area contributed by atoms with Gasteiger partial charge in [0.25, 0.3) is 0 Å². The van der Waals surface area contributed by atoms with Crippen molar-refractivity contribution in [3.05, 3.63) is 64.4 Å². The summed E-state index contributed by atoms with van der Waals surface area (Å²) in [7, 11) is 0. The number of esters is 1. The van der Waals surface area contributed by atoms with Crippen LogP contribution in [-0.4, -0.2) is 40.1 Å². The number of nitrogens with zero attached hydrogens (tertiary/aromatic N) is 3. The van der Waals surface area contributed by atoms with E-state index in [4.69, 9.17) is 25.8 Å². The van der Waals surface area contributed by atoms with Crippen LogP contribution in [0.25, 0.3) is 5.69 Å². The SMILES string of the molecule is Cc1nn(-c2cccc(Cl)c2)nc1C(=O)OCC(=O)c1ccc2c(c1)OCO2. The van der Waals surface area contributed by atoms with Gasteiger partial charge in [-0.25, -0.2) is 4.79 Å². The highest BCUT2D eigenvalue weighted by molar-refractivity contribution is 6.30. The van der Waals surface area contributed by atoms with E-state index >= 15 is 0 Å². The van der Waals surface area contributed by atoms with Gasteiger partial charge >= 0.3 is 5.97 Å². The van der Waals surface area contributed by atoms with Crippen molar-refractivity contribution in [3.8, 4) is 17.2 Å². The maximum Gasteiger partial charge on any atom is 0.361 e. The molecule has 0 saturated heterocycles. The molecule has 0 N–H and O–H groups in total. The highest BCUT2D eigenvalue weighted by atomic mass is 35.5. The number of carbonyl (C=O) groups is 2. The van der Waals surface area contributed by atoms with Gasteiger partial charge < -0.3 is 14.2 Å². The van der Waals surface area contributed by atoms with Gasteiger partial charge in [0, 0.05) is 10.6 Å². The van der Waals surface area contributed by atoms with Gasteiger partial charge in [-0.15, -0.1) is 5.10 Å². The topological polar surface area (TPSA) is 92.5 Å². The van der Waals surface area contributed by atoms with E-state index < -0.39 is 12.6 Å². The van der Waals surface area contributed by atoms with Crippen LogP contribution in [0.3, 0.4) is 0 Å². The Morgan fingerprint density at radius 1 is 1.14 bits per heavy atom. The maximum absolute atomic E-state index is 12.3. The standard InChI is InChI=1S/C19H14ClN3O5/c1-11-18(22-23(21-11)14-4-2-3-13(20)8-14)19(25)26-9-15(24)12-5-6-16-17(7-12)28-10-27-16/h2-8H,9-10H2,1H3. The second-order valence-corrected chi connectivity index (χ2v) is 6.41. The van der Waals surface area contributed by atoms with Gasteiger partial charge in [-0.05, 0) is 43.3 Å². The largest absolute Gasteiger partial charge is 0.454 e. The first-order valence-electron chi connectivity index (χ1n) is 8.31. The monoisotopic (exact) mass is 399 g/mol. The molecule has 8 nitrogen and oxygen atoms in total. The van der Waals surface area contributed by atoms with E-state index in [0.717, 1.165) is 0 Å². The number of carbonyl (C=O) groups excluding carboxylic acids is 2. The lowest BCUT2D eigenvalue weighted by Crippen LogP contribution is -2.15. The first-order valence-corrected chi connectivity index (χ1v) is 8.69. The fraction of sp³-hybridized carbons (Fsp3) is 0.158. The summed E-state index contributed by atoms with van der Waals surface area (Å²) in [4.78, 5) is 25.9. The maximum atomic E-state index is 12.3. The lowest BCUT2D eigenvalue weighted by molar-refractivity contribution is 0.0467. The molecule has 0 fully saturated rings. The van der Waals surface area contributed by atoms with Crippen LogP contribution in [0.15, 0.2) is 42.5 Å². The molecule has 1 aliphatic rings. The van der Waals surface area contributed by atoms with E-state index in [2.05, 4.69) is 10.2 Å². The summed E-state index contributed by atoms with van der Waals surface area (Å²) in [6.45, 7) is 1.32. The van der Waals surface area contributed by atoms with Crippen LogP contribution in [0.4, 0.5) is 0 Å². The van der Waals surface area contributed by atoms with Crippen LogP contribution in [-0.2, 0) is 4.74 Å². The van der Waals surface area contributed by atoms with Gasteiger partial charge in [-0.1, -0.05) is 17.7 Å². The molecule has 0 unspecified atom stereocenters. The first kappa shape index (κ1) is 18.0. The van der Waals surface area contributed by atoms with E-state index in [1.807, 2.05) is 0 Å². The van der Waals surface area contributed by atoms with Crippen molar-refractivity contribution in [3.63, 3.8) is 0 Å². The molecule has 142 valence electrons. The van der Waals surface area contributed by atoms with E-state index in [0.29, 0.717) is 33.5 Å². The van der Waals surface area contributed by atoms with Crippen molar-refractivity contribution in [2.75, 3.05) is 13.4 Å². The fourth-order valence-electron chi connectivity index (χ4n) is 2.64. The summed E-state index contributed by atoms with van der Waals surface area (Å²) in [6.07, 6.45) is 0. The van der Waals surface area contributed by atoms with Gasteiger partial charge in [-0.2, -0.15) is 9.90 Å². The molecular formula is C19H14ClN3O5. The molecule has 2 aromatic carbocycles. The van der Waals surface area contributed by atoms with Crippen LogP contribution in [0.2, 0.25) is 5.02 Å². The summed E-state index contributed by atoms with van der Waals surface area (Å²) in [5, 5.41) is 8.86. The number of aryl methyl sites for hydroxylation is 1. The van der Waals surface area contributed by atoms with E-state index in [1.54, 1.807) is 49.4 Å². The summed E-state index contributed by atoms with van der Waals surface area (Å²) in [5.74, 6) is -0.0503. The molecule has 4 rings (SSSR count). The number of aromatic nitrogens is 3. The van der Waals surface area contributed by atoms with Gasteiger partial charge in [0.05, 0.1) is 11.4 Å². The molecule has 0 aliphatic carbocycles. The van der Waals surface area contributed by atoms with Crippen LogP contribution >= 0.6 is 11.6 Å². The lowest BCUT2D eigenvalue weighted by atomic mass is 10.1. The van der Waals surface area contributed by atoms with Crippen molar-refractivity contribution >= 4 is 23.4 Å². The Kier molecular flexibility index (Phi) is 4.70. The minimum Gasteiger partial charge on any atom is -0.454 e. The summed E-state index contributed by atoms with van der Waals surface area (Å²) >= 11 is 5.97. The van der Waals surface area contributed by atoms with E-state index in [1.165, 1.54) is 4.80 Å². The molecule has 1 aliphatic heterocycles. The molecule has 9 heteroatoms. The van der Waals surface area contributed by atoms with Crippen molar-refractivity contribution < 1.29 is 23.8 Å². The second-order valence-electron chi connectivity index (χ2n) is 5.97. The normalized spacial score (nSPS) is 12.1. The average molecular weight is 400 g/mol. The minimum atomic E-state index is -0.736. The molecule has 3 aromatic rings. The van der Waals surface area contributed by atoms with Crippen molar-refractivity contribution in [2.45, 2.75) is 6.92 Å². The number of benzene rings is 2. The molecule has 1 aromatic heterocycles. The summed E-state index contributed by atoms with van der Waals surface area (Å²) in [6, 6.07) is 11.7. The van der Waals surface area contributed by atoms with Gasteiger partial charge in [-0.3, -0.25) is 4.79 Å². The van der Waals surface area contributed by atoms with Crippen molar-refractivity contribution in [1.82, 2.24) is 15.0 Å². The highest BCUT2D eigenvalue weighted by Gasteiger charge is 2.21. The molecule has 0 radical (unpaired) electrons. The number of hydrogen-bond acceptors (Lipinski definition) is 7.